The van der Waals surface area contributed by atoms with Gasteiger partial charge in [-0.15, -0.1) is 10.2 Å². The zero-order valence-corrected chi connectivity index (χ0v) is 15.1. The molecule has 3 rings (SSSR count). The molecule has 1 saturated heterocycles. The number of hydrogen-bond acceptors (Lipinski definition) is 5. The Hall–Kier alpha value is -1.67. The Kier molecular flexibility index (Phi) is 6.25. The first-order chi connectivity index (χ1) is 12.2. The molecule has 1 aliphatic heterocycles. The van der Waals surface area contributed by atoms with Crippen LogP contribution in [0.3, 0.4) is 0 Å². The number of aromatic nitrogens is 3. The van der Waals surface area contributed by atoms with Gasteiger partial charge in [-0.05, 0) is 32.1 Å². The Balaban J connectivity index is 1.45. The van der Waals surface area contributed by atoms with E-state index in [4.69, 9.17) is 0 Å². The quantitative estimate of drug-likeness (QED) is 0.706. The molecule has 2 heterocycles. The molecular formula is C17H30N6O2. The van der Waals surface area contributed by atoms with Crippen LogP contribution in [0.2, 0.25) is 0 Å². The van der Waals surface area contributed by atoms with Crippen LogP contribution in [-0.2, 0) is 13.0 Å². The fourth-order valence-corrected chi connectivity index (χ4v) is 3.50. The van der Waals surface area contributed by atoms with Crippen molar-refractivity contribution in [1.82, 2.24) is 29.9 Å². The molecule has 1 saturated carbocycles. The lowest BCUT2D eigenvalue weighted by molar-refractivity contribution is 0.0704. The molecule has 8 nitrogen and oxygen atoms in total. The van der Waals surface area contributed by atoms with Gasteiger partial charge in [-0.3, -0.25) is 4.90 Å². The van der Waals surface area contributed by atoms with E-state index in [2.05, 4.69) is 20.4 Å². The van der Waals surface area contributed by atoms with Gasteiger partial charge in [0.25, 0.3) is 0 Å². The van der Waals surface area contributed by atoms with Gasteiger partial charge in [0.15, 0.2) is 0 Å². The van der Waals surface area contributed by atoms with Crippen LogP contribution in [0.25, 0.3) is 0 Å². The van der Waals surface area contributed by atoms with Crippen molar-refractivity contribution < 1.29 is 9.90 Å². The summed E-state index contributed by atoms with van der Waals surface area (Å²) in [5.41, 5.74) is 0. The molecule has 2 aliphatic rings. The van der Waals surface area contributed by atoms with Gasteiger partial charge in [0.05, 0.1) is 0 Å². The highest BCUT2D eigenvalue weighted by Crippen LogP contribution is 2.31. The maximum Gasteiger partial charge on any atom is 0.317 e. The second-order valence-corrected chi connectivity index (χ2v) is 7.07. The minimum absolute atomic E-state index is 0.0171. The third-order valence-electron chi connectivity index (χ3n) is 5.21. The fraction of sp³-hybridized carbons (Fsp3) is 0.824. The molecule has 0 spiro atoms. The summed E-state index contributed by atoms with van der Waals surface area (Å²) >= 11 is 0. The first-order valence-corrected chi connectivity index (χ1v) is 9.45. The fourth-order valence-electron chi connectivity index (χ4n) is 3.50. The number of piperazine rings is 1. The third kappa shape index (κ3) is 4.92. The number of aliphatic hydroxyl groups is 1. The van der Waals surface area contributed by atoms with E-state index in [0.717, 1.165) is 44.3 Å². The van der Waals surface area contributed by atoms with Crippen LogP contribution in [0.15, 0.2) is 6.33 Å². The van der Waals surface area contributed by atoms with Gasteiger partial charge < -0.3 is 19.9 Å². The highest BCUT2D eigenvalue weighted by Gasteiger charge is 2.33. The summed E-state index contributed by atoms with van der Waals surface area (Å²) in [6, 6.07) is 0.255. The average molecular weight is 350 g/mol. The maximum absolute atomic E-state index is 12.5. The van der Waals surface area contributed by atoms with Crippen molar-refractivity contribution in [2.45, 2.75) is 45.2 Å². The number of aliphatic hydroxyl groups excluding tert-OH is 1. The molecule has 0 bridgehead atoms. The molecule has 140 valence electrons. The summed E-state index contributed by atoms with van der Waals surface area (Å²) in [5.74, 6) is 1.73. The van der Waals surface area contributed by atoms with E-state index in [1.54, 1.807) is 6.33 Å². The monoisotopic (exact) mass is 350 g/mol. The molecule has 1 aromatic heterocycles. The van der Waals surface area contributed by atoms with E-state index in [-0.39, 0.29) is 18.7 Å². The Morgan fingerprint density at radius 2 is 2.24 bits per heavy atom. The molecule has 0 aromatic carbocycles. The van der Waals surface area contributed by atoms with Crippen molar-refractivity contribution >= 4 is 6.03 Å². The predicted octanol–water partition coefficient (Wildman–Crippen LogP) is 0.329. The van der Waals surface area contributed by atoms with Crippen molar-refractivity contribution in [3.63, 3.8) is 0 Å². The van der Waals surface area contributed by atoms with Gasteiger partial charge in [0.2, 0.25) is 0 Å². The smallest absolute Gasteiger partial charge is 0.317 e. The molecule has 25 heavy (non-hydrogen) atoms. The zero-order valence-electron chi connectivity index (χ0n) is 15.1. The molecule has 1 aromatic rings. The minimum Gasteiger partial charge on any atom is -0.396 e. The number of rotatable bonds is 8. The lowest BCUT2D eigenvalue weighted by Crippen LogP contribution is -2.57. The van der Waals surface area contributed by atoms with Gasteiger partial charge in [-0.2, -0.15) is 0 Å². The van der Waals surface area contributed by atoms with Gasteiger partial charge >= 0.3 is 6.03 Å². The first kappa shape index (κ1) is 18.1. The average Bonchev–Trinajstić information content (AvgIpc) is 3.32. The highest BCUT2D eigenvalue weighted by atomic mass is 16.3. The summed E-state index contributed by atoms with van der Waals surface area (Å²) < 4.78 is 1.99. The van der Waals surface area contributed by atoms with Crippen LogP contribution in [-0.4, -0.2) is 81.1 Å². The van der Waals surface area contributed by atoms with Crippen molar-refractivity contribution in [2.75, 3.05) is 39.3 Å². The standard InChI is InChI=1S/C17H30N6O2/c1-2-21-13-19-20-16(21)5-7-18-17(25)23-9-8-22(11-14-3-4-14)15(12-23)6-10-24/h13-15,24H,2-12H2,1H3,(H,18,25)/t15-/m1/s1. The van der Waals surface area contributed by atoms with E-state index in [1.807, 2.05) is 16.4 Å². The molecule has 2 amide bonds. The number of amides is 2. The number of nitrogens with one attached hydrogen (secondary N) is 1. The molecule has 1 atom stereocenters. The molecule has 2 fully saturated rings. The zero-order chi connectivity index (χ0) is 17.6. The number of carbonyl (C=O) groups excluding carboxylic acids is 1. The second kappa shape index (κ2) is 8.62. The lowest BCUT2D eigenvalue weighted by Gasteiger charge is -2.41. The second-order valence-electron chi connectivity index (χ2n) is 7.07. The SMILES string of the molecule is CCn1cnnc1CCNC(=O)N1CCN(CC2CC2)[C@H](CCO)C1. The molecule has 0 unspecified atom stereocenters. The van der Waals surface area contributed by atoms with E-state index in [9.17, 15) is 9.90 Å². The van der Waals surface area contributed by atoms with Gasteiger partial charge in [0.1, 0.15) is 12.2 Å². The van der Waals surface area contributed by atoms with Crippen LogP contribution in [0, 0.1) is 5.92 Å². The summed E-state index contributed by atoms with van der Waals surface area (Å²) in [6.07, 6.45) is 5.79. The highest BCUT2D eigenvalue weighted by molar-refractivity contribution is 5.74. The Bertz CT molecular complexity index is 559. The largest absolute Gasteiger partial charge is 0.396 e. The van der Waals surface area contributed by atoms with Gasteiger partial charge in [0, 0.05) is 58.3 Å². The summed E-state index contributed by atoms with van der Waals surface area (Å²) in [6.45, 7) is 7.09. The molecule has 8 heteroatoms. The van der Waals surface area contributed by atoms with Gasteiger partial charge in [-0.1, -0.05) is 0 Å². The van der Waals surface area contributed by atoms with Crippen LogP contribution < -0.4 is 5.32 Å². The van der Waals surface area contributed by atoms with Crippen LogP contribution >= 0.6 is 0 Å². The van der Waals surface area contributed by atoms with Crippen molar-refractivity contribution in [3.05, 3.63) is 12.2 Å². The maximum atomic E-state index is 12.5. The van der Waals surface area contributed by atoms with Gasteiger partial charge in [-0.25, -0.2) is 4.79 Å². The van der Waals surface area contributed by atoms with Crippen molar-refractivity contribution in [2.24, 2.45) is 5.92 Å². The van der Waals surface area contributed by atoms with E-state index in [0.29, 0.717) is 19.5 Å². The van der Waals surface area contributed by atoms with Crippen LogP contribution in [0.5, 0.6) is 0 Å². The summed E-state index contributed by atoms with van der Waals surface area (Å²) in [4.78, 5) is 16.8. The Morgan fingerprint density at radius 3 is 2.96 bits per heavy atom. The van der Waals surface area contributed by atoms with Crippen molar-refractivity contribution in [1.29, 1.82) is 0 Å². The molecule has 0 radical (unpaired) electrons. The number of carbonyl (C=O) groups is 1. The van der Waals surface area contributed by atoms with E-state index >= 15 is 0 Å². The lowest BCUT2D eigenvalue weighted by atomic mass is 10.1. The summed E-state index contributed by atoms with van der Waals surface area (Å²) in [5, 5.41) is 20.3. The molecule has 1 aliphatic carbocycles. The minimum atomic E-state index is -0.0171. The number of hydrogen-bond donors (Lipinski definition) is 2. The normalized spacial score (nSPS) is 21.5. The van der Waals surface area contributed by atoms with E-state index < -0.39 is 0 Å². The number of aryl methyl sites for hydroxylation is 1. The Labute approximate surface area is 149 Å². The van der Waals surface area contributed by atoms with Crippen molar-refractivity contribution in [3.8, 4) is 0 Å². The van der Waals surface area contributed by atoms with Crippen LogP contribution in [0.4, 0.5) is 4.79 Å². The Morgan fingerprint density at radius 1 is 1.40 bits per heavy atom. The summed E-state index contributed by atoms with van der Waals surface area (Å²) in [7, 11) is 0. The number of urea groups is 1. The molecular weight excluding hydrogens is 320 g/mol. The topological polar surface area (TPSA) is 86.5 Å². The van der Waals surface area contributed by atoms with E-state index in [1.165, 1.54) is 12.8 Å². The number of nitrogens with zero attached hydrogens (tertiary/aromatic N) is 5. The third-order valence-corrected chi connectivity index (χ3v) is 5.21. The predicted molar refractivity (Wildman–Crippen MR) is 94.2 cm³/mol. The first-order valence-electron chi connectivity index (χ1n) is 9.45. The molecule has 2 N–H and O–H groups in total. The van der Waals surface area contributed by atoms with Crippen LogP contribution in [0.1, 0.15) is 32.0 Å².